The fourth-order valence-electron chi connectivity index (χ4n) is 2.25. The summed E-state index contributed by atoms with van der Waals surface area (Å²) in [6.45, 7) is 0.746. The van der Waals surface area contributed by atoms with Gasteiger partial charge in [-0.3, -0.25) is 4.79 Å². The Hall–Kier alpha value is -2.66. The van der Waals surface area contributed by atoms with Gasteiger partial charge >= 0.3 is 0 Å². The summed E-state index contributed by atoms with van der Waals surface area (Å²) in [6, 6.07) is 19.3. The average molecular weight is 323 g/mol. The van der Waals surface area contributed by atoms with Crippen LogP contribution in [0, 0.1) is 0 Å². The van der Waals surface area contributed by atoms with Gasteiger partial charge in [0.05, 0.1) is 0 Å². The van der Waals surface area contributed by atoms with Crippen molar-refractivity contribution in [3.05, 3.63) is 76.7 Å². The van der Waals surface area contributed by atoms with E-state index in [9.17, 15) is 4.79 Å². The lowest BCUT2D eigenvalue weighted by atomic mass is 10.1. The molecule has 0 amide bonds. The molecular weight excluding hydrogens is 306 g/mol. The van der Waals surface area contributed by atoms with E-state index in [0.717, 1.165) is 13.0 Å². The Bertz CT molecular complexity index is 785. The number of rotatable bonds is 6. The zero-order chi connectivity index (χ0) is 16.1. The number of aromatic nitrogens is 1. The lowest BCUT2D eigenvalue weighted by Crippen LogP contribution is -2.04. The zero-order valence-corrected chi connectivity index (χ0v) is 13.3. The van der Waals surface area contributed by atoms with Crippen LogP contribution >= 0.6 is 11.3 Å². The van der Waals surface area contributed by atoms with Crippen LogP contribution in [-0.2, 0) is 6.42 Å². The number of hydrogen-bond acceptors (Lipinski definition) is 5. The van der Waals surface area contributed by atoms with Crippen molar-refractivity contribution in [1.82, 2.24) is 4.98 Å². The second-order valence-electron chi connectivity index (χ2n) is 5.09. The van der Waals surface area contributed by atoms with E-state index in [1.807, 2.05) is 36.4 Å². The molecule has 3 rings (SSSR count). The van der Waals surface area contributed by atoms with Gasteiger partial charge in [-0.15, -0.1) is 0 Å². The molecule has 1 aromatic heterocycles. The standard InChI is InChI=1S/C18H17N3OS/c19-17-16(15(22)14-9-5-2-6-10-14)23-18(21-17)20-12-11-13-7-3-1-4-8-13/h1-10H,11-12,19H2,(H,20,21). The van der Waals surface area contributed by atoms with E-state index in [-0.39, 0.29) is 11.6 Å². The van der Waals surface area contributed by atoms with Gasteiger partial charge in [0.15, 0.2) is 5.13 Å². The van der Waals surface area contributed by atoms with Crippen LogP contribution in [-0.4, -0.2) is 17.3 Å². The van der Waals surface area contributed by atoms with Gasteiger partial charge in [-0.05, 0) is 12.0 Å². The summed E-state index contributed by atoms with van der Waals surface area (Å²) in [7, 11) is 0. The Labute approximate surface area is 139 Å². The summed E-state index contributed by atoms with van der Waals surface area (Å²) in [6.07, 6.45) is 0.891. The number of nitrogens with one attached hydrogen (secondary N) is 1. The van der Waals surface area contributed by atoms with E-state index in [1.165, 1.54) is 16.9 Å². The van der Waals surface area contributed by atoms with Gasteiger partial charge in [0.2, 0.25) is 5.78 Å². The molecule has 0 saturated heterocycles. The quantitative estimate of drug-likeness (QED) is 0.680. The Morgan fingerprint density at radius 1 is 1.04 bits per heavy atom. The van der Waals surface area contributed by atoms with Crippen LogP contribution in [0.1, 0.15) is 20.8 Å². The number of benzene rings is 2. The normalized spacial score (nSPS) is 10.4. The van der Waals surface area contributed by atoms with Crippen LogP contribution in [0.2, 0.25) is 0 Å². The summed E-state index contributed by atoms with van der Waals surface area (Å²) in [5.74, 6) is 0.197. The summed E-state index contributed by atoms with van der Waals surface area (Å²) in [5.41, 5.74) is 7.78. The first-order valence-electron chi connectivity index (χ1n) is 7.38. The number of carbonyl (C=O) groups is 1. The van der Waals surface area contributed by atoms with Crippen LogP contribution in [0.3, 0.4) is 0 Å². The molecule has 5 heteroatoms. The lowest BCUT2D eigenvalue weighted by molar-refractivity contribution is 0.104. The molecule has 0 aliphatic heterocycles. The fraction of sp³-hybridized carbons (Fsp3) is 0.111. The van der Waals surface area contributed by atoms with Gasteiger partial charge < -0.3 is 11.1 Å². The van der Waals surface area contributed by atoms with Gasteiger partial charge in [-0.2, -0.15) is 0 Å². The van der Waals surface area contributed by atoms with E-state index >= 15 is 0 Å². The third-order valence-corrected chi connectivity index (χ3v) is 4.46. The number of nitrogen functional groups attached to an aromatic ring is 1. The van der Waals surface area contributed by atoms with Crippen molar-refractivity contribution in [2.75, 3.05) is 17.6 Å². The van der Waals surface area contributed by atoms with Crippen molar-refractivity contribution in [1.29, 1.82) is 0 Å². The van der Waals surface area contributed by atoms with Crippen molar-refractivity contribution < 1.29 is 4.79 Å². The number of nitrogens with zero attached hydrogens (tertiary/aromatic N) is 1. The highest BCUT2D eigenvalue weighted by molar-refractivity contribution is 7.18. The molecule has 0 unspecified atom stereocenters. The number of hydrogen-bond donors (Lipinski definition) is 2. The molecule has 0 radical (unpaired) electrons. The monoisotopic (exact) mass is 323 g/mol. The predicted molar refractivity (Wildman–Crippen MR) is 95.0 cm³/mol. The minimum Gasteiger partial charge on any atom is -0.382 e. The van der Waals surface area contributed by atoms with Crippen molar-refractivity contribution in [2.24, 2.45) is 0 Å². The molecule has 0 saturated carbocycles. The molecule has 23 heavy (non-hydrogen) atoms. The molecule has 3 N–H and O–H groups in total. The first kappa shape index (κ1) is 15.2. The van der Waals surface area contributed by atoms with Crippen LogP contribution in [0.15, 0.2) is 60.7 Å². The largest absolute Gasteiger partial charge is 0.382 e. The molecule has 116 valence electrons. The maximum absolute atomic E-state index is 12.4. The number of ketones is 1. The van der Waals surface area contributed by atoms with Crippen molar-refractivity contribution in [3.8, 4) is 0 Å². The number of anilines is 2. The van der Waals surface area contributed by atoms with Crippen LogP contribution < -0.4 is 11.1 Å². The Morgan fingerprint density at radius 3 is 2.39 bits per heavy atom. The average Bonchev–Trinajstić information content (AvgIpc) is 2.97. The summed E-state index contributed by atoms with van der Waals surface area (Å²) >= 11 is 1.30. The molecule has 0 aliphatic rings. The Kier molecular flexibility index (Phi) is 4.68. The second kappa shape index (κ2) is 7.07. The first-order chi connectivity index (χ1) is 11.2. The highest BCUT2D eigenvalue weighted by Crippen LogP contribution is 2.27. The molecule has 2 aromatic carbocycles. The van der Waals surface area contributed by atoms with Gasteiger partial charge in [-0.1, -0.05) is 72.0 Å². The molecule has 3 aromatic rings. The molecule has 4 nitrogen and oxygen atoms in total. The van der Waals surface area contributed by atoms with Crippen molar-refractivity contribution in [3.63, 3.8) is 0 Å². The SMILES string of the molecule is Nc1nc(NCCc2ccccc2)sc1C(=O)c1ccccc1. The van der Waals surface area contributed by atoms with Gasteiger partial charge in [-0.25, -0.2) is 4.98 Å². The van der Waals surface area contributed by atoms with Crippen LogP contribution in [0.5, 0.6) is 0 Å². The molecule has 0 fully saturated rings. The Balaban J connectivity index is 1.65. The number of nitrogens with two attached hydrogens (primary N) is 1. The lowest BCUT2D eigenvalue weighted by Gasteiger charge is -2.02. The smallest absolute Gasteiger partial charge is 0.206 e. The van der Waals surface area contributed by atoms with Crippen molar-refractivity contribution >= 4 is 28.1 Å². The maximum Gasteiger partial charge on any atom is 0.206 e. The molecule has 1 heterocycles. The molecule has 0 bridgehead atoms. The summed E-state index contributed by atoms with van der Waals surface area (Å²) in [5, 5.41) is 3.91. The van der Waals surface area contributed by atoms with Crippen LogP contribution in [0.4, 0.5) is 10.9 Å². The maximum atomic E-state index is 12.4. The third-order valence-electron chi connectivity index (χ3n) is 3.43. The molecule has 0 atom stereocenters. The number of thiazole rings is 1. The topological polar surface area (TPSA) is 68.0 Å². The summed E-state index contributed by atoms with van der Waals surface area (Å²) in [4.78, 5) is 17.2. The van der Waals surface area contributed by atoms with Gasteiger partial charge in [0, 0.05) is 12.1 Å². The van der Waals surface area contributed by atoms with E-state index in [2.05, 4.69) is 22.4 Å². The van der Waals surface area contributed by atoms with E-state index in [1.54, 1.807) is 12.1 Å². The highest BCUT2D eigenvalue weighted by Gasteiger charge is 2.17. The fourth-order valence-corrected chi connectivity index (χ4v) is 3.12. The van der Waals surface area contributed by atoms with E-state index in [0.29, 0.717) is 15.6 Å². The van der Waals surface area contributed by atoms with E-state index in [4.69, 9.17) is 5.73 Å². The van der Waals surface area contributed by atoms with E-state index < -0.39 is 0 Å². The molecule has 0 spiro atoms. The molecule has 0 aliphatic carbocycles. The Morgan fingerprint density at radius 2 is 1.70 bits per heavy atom. The summed E-state index contributed by atoms with van der Waals surface area (Å²) < 4.78 is 0. The minimum absolute atomic E-state index is 0.0864. The van der Waals surface area contributed by atoms with Gasteiger partial charge in [0.25, 0.3) is 0 Å². The van der Waals surface area contributed by atoms with Crippen LogP contribution in [0.25, 0.3) is 0 Å². The predicted octanol–water partition coefficient (Wildman–Crippen LogP) is 3.61. The first-order valence-corrected chi connectivity index (χ1v) is 8.19. The van der Waals surface area contributed by atoms with Gasteiger partial charge in [0.1, 0.15) is 10.7 Å². The number of carbonyl (C=O) groups excluding carboxylic acids is 1. The minimum atomic E-state index is -0.0864. The zero-order valence-electron chi connectivity index (χ0n) is 12.5. The van der Waals surface area contributed by atoms with Crippen molar-refractivity contribution in [2.45, 2.75) is 6.42 Å². The highest BCUT2D eigenvalue weighted by atomic mass is 32.1. The second-order valence-corrected chi connectivity index (χ2v) is 6.09. The third kappa shape index (κ3) is 3.76. The molecular formula is C18H17N3OS.